The second-order valence-electron chi connectivity index (χ2n) is 5.51. The van der Waals surface area contributed by atoms with Gasteiger partial charge in [-0.15, -0.1) is 0 Å². The van der Waals surface area contributed by atoms with Gasteiger partial charge < -0.3 is 15.0 Å². The van der Waals surface area contributed by atoms with Crippen LogP contribution in [0.25, 0.3) is 0 Å². The second-order valence-corrected chi connectivity index (χ2v) is 5.94. The average molecular weight is 349 g/mol. The number of nitrogens with zero attached hydrogens (tertiary/aromatic N) is 3. The monoisotopic (exact) mass is 348 g/mol. The van der Waals surface area contributed by atoms with Crippen LogP contribution < -0.4 is 5.32 Å². The Bertz CT molecular complexity index is 592. The number of halogens is 1. The Hall–Kier alpha value is -1.85. The lowest BCUT2D eigenvalue weighted by Crippen LogP contribution is -2.41. The van der Waals surface area contributed by atoms with Crippen LogP contribution in [0.5, 0.6) is 0 Å². The summed E-state index contributed by atoms with van der Waals surface area (Å²) in [6, 6.07) is 3.94. The first-order valence-electron chi connectivity index (χ1n) is 8.26. The van der Waals surface area contributed by atoms with Gasteiger partial charge in [-0.25, -0.2) is 0 Å². The molecule has 5 nitrogen and oxygen atoms in total. The topological polar surface area (TPSA) is 49.8 Å². The zero-order valence-electron chi connectivity index (χ0n) is 14.3. The highest BCUT2D eigenvalue weighted by molar-refractivity contribution is 6.31. The molecule has 0 aliphatic carbocycles. The minimum atomic E-state index is 0.621. The van der Waals surface area contributed by atoms with Crippen LogP contribution in [-0.4, -0.2) is 42.0 Å². The Morgan fingerprint density at radius 1 is 1.38 bits per heavy atom. The Balaban J connectivity index is 2.07. The summed E-state index contributed by atoms with van der Waals surface area (Å²) in [6.45, 7) is 7.78. The van der Waals surface area contributed by atoms with Gasteiger partial charge in [0, 0.05) is 30.5 Å². The molecule has 1 aliphatic rings. The fourth-order valence-electron chi connectivity index (χ4n) is 2.32. The van der Waals surface area contributed by atoms with Crippen molar-refractivity contribution in [1.29, 1.82) is 0 Å². The maximum atomic E-state index is 6.29. The van der Waals surface area contributed by atoms with E-state index in [0.717, 1.165) is 55.0 Å². The highest BCUT2D eigenvalue weighted by Gasteiger charge is 2.14. The minimum absolute atomic E-state index is 0.621. The van der Waals surface area contributed by atoms with Gasteiger partial charge in [0.15, 0.2) is 0 Å². The van der Waals surface area contributed by atoms with Gasteiger partial charge in [0.25, 0.3) is 0 Å². The molecule has 0 bridgehead atoms. The van der Waals surface area contributed by atoms with Crippen molar-refractivity contribution in [2.24, 2.45) is 4.99 Å². The molecule has 1 saturated heterocycles. The van der Waals surface area contributed by atoms with E-state index >= 15 is 0 Å². The molecule has 2 heterocycles. The van der Waals surface area contributed by atoms with Gasteiger partial charge in [-0.1, -0.05) is 24.6 Å². The Labute approximate surface area is 149 Å². The third-order valence-corrected chi connectivity index (χ3v) is 3.85. The maximum absolute atomic E-state index is 6.29. The molecule has 0 unspecified atom stereocenters. The van der Waals surface area contributed by atoms with Crippen molar-refractivity contribution in [3.63, 3.8) is 0 Å². The van der Waals surface area contributed by atoms with Crippen molar-refractivity contribution in [3.05, 3.63) is 53.1 Å². The number of pyridine rings is 1. The predicted octanol–water partition coefficient (Wildman–Crippen LogP) is 3.30. The minimum Gasteiger partial charge on any atom is -0.378 e. The van der Waals surface area contributed by atoms with Gasteiger partial charge in [-0.05, 0) is 37.1 Å². The van der Waals surface area contributed by atoms with Crippen molar-refractivity contribution in [2.45, 2.75) is 26.8 Å². The standard InChI is InChI=1S/C18H25ClN4O/c1-3-4-17(19)13-18(23-9-11-24-12-10-23)22-15(2)21-14-16-5-7-20-8-6-16/h4-8,13H,3,9-12,14H2,1-2H3,(H,21,22)/b17-4-,18-13+. The fraction of sp³-hybridized carbons (Fsp3) is 0.444. The second kappa shape index (κ2) is 10.1. The molecular formula is C18H25ClN4O. The van der Waals surface area contributed by atoms with Crippen LogP contribution in [0.15, 0.2) is 52.5 Å². The van der Waals surface area contributed by atoms with Gasteiger partial charge in [0.1, 0.15) is 5.82 Å². The van der Waals surface area contributed by atoms with Gasteiger partial charge in [-0.2, -0.15) is 0 Å². The van der Waals surface area contributed by atoms with Crippen LogP contribution in [0.3, 0.4) is 0 Å². The molecule has 0 aromatic carbocycles. The lowest BCUT2D eigenvalue weighted by atomic mass is 10.3. The number of amidine groups is 1. The summed E-state index contributed by atoms with van der Waals surface area (Å²) in [6.07, 6.45) is 8.42. The van der Waals surface area contributed by atoms with E-state index in [0.29, 0.717) is 6.54 Å². The molecule has 0 amide bonds. The Morgan fingerprint density at radius 2 is 2.08 bits per heavy atom. The smallest absolute Gasteiger partial charge is 0.108 e. The fourth-order valence-corrected chi connectivity index (χ4v) is 2.58. The summed E-state index contributed by atoms with van der Waals surface area (Å²) < 4.78 is 5.43. The first-order chi connectivity index (χ1) is 11.7. The zero-order valence-corrected chi connectivity index (χ0v) is 15.1. The molecule has 1 N–H and O–H groups in total. The quantitative estimate of drug-likeness (QED) is 0.487. The average Bonchev–Trinajstić information content (AvgIpc) is 2.61. The maximum Gasteiger partial charge on any atom is 0.108 e. The molecule has 1 fully saturated rings. The first kappa shape index (κ1) is 18.5. The molecule has 1 aromatic heterocycles. The van der Waals surface area contributed by atoms with Crippen LogP contribution in [0, 0.1) is 0 Å². The molecule has 1 aliphatic heterocycles. The van der Waals surface area contributed by atoms with E-state index in [9.17, 15) is 0 Å². The van der Waals surface area contributed by atoms with Gasteiger partial charge in [-0.3, -0.25) is 9.98 Å². The van der Waals surface area contributed by atoms with E-state index in [1.807, 2.05) is 31.2 Å². The van der Waals surface area contributed by atoms with Gasteiger partial charge in [0.2, 0.25) is 0 Å². The van der Waals surface area contributed by atoms with Crippen LogP contribution in [0.1, 0.15) is 25.8 Å². The number of hydrogen-bond acceptors (Lipinski definition) is 4. The third-order valence-electron chi connectivity index (χ3n) is 3.58. The van der Waals surface area contributed by atoms with Gasteiger partial charge >= 0.3 is 0 Å². The van der Waals surface area contributed by atoms with Crippen LogP contribution in [-0.2, 0) is 11.3 Å². The molecule has 2 rings (SSSR count). The van der Waals surface area contributed by atoms with E-state index in [1.54, 1.807) is 12.4 Å². The molecule has 6 heteroatoms. The van der Waals surface area contributed by atoms with Gasteiger partial charge in [0.05, 0.1) is 25.6 Å². The molecule has 0 atom stereocenters. The SMILES string of the molecule is CC/C=C(Cl)/C=C(\NC(C)=NCc1ccncc1)N1CCOCC1. The van der Waals surface area contributed by atoms with E-state index < -0.39 is 0 Å². The Morgan fingerprint density at radius 3 is 2.75 bits per heavy atom. The highest BCUT2D eigenvalue weighted by atomic mass is 35.5. The molecule has 0 radical (unpaired) electrons. The molecule has 1 aromatic rings. The van der Waals surface area contributed by atoms with Crippen molar-refractivity contribution in [2.75, 3.05) is 26.3 Å². The number of aromatic nitrogens is 1. The summed E-state index contributed by atoms with van der Waals surface area (Å²) in [7, 11) is 0. The zero-order chi connectivity index (χ0) is 17.2. The summed E-state index contributed by atoms with van der Waals surface area (Å²) >= 11 is 6.29. The van der Waals surface area contributed by atoms with E-state index in [4.69, 9.17) is 16.3 Å². The van der Waals surface area contributed by atoms with Crippen LogP contribution in [0.4, 0.5) is 0 Å². The van der Waals surface area contributed by atoms with Crippen LogP contribution >= 0.6 is 11.6 Å². The molecule has 0 spiro atoms. The highest BCUT2D eigenvalue weighted by Crippen LogP contribution is 2.12. The largest absolute Gasteiger partial charge is 0.378 e. The first-order valence-corrected chi connectivity index (χ1v) is 8.64. The summed E-state index contributed by atoms with van der Waals surface area (Å²) in [5.74, 6) is 1.81. The number of hydrogen-bond donors (Lipinski definition) is 1. The lowest BCUT2D eigenvalue weighted by Gasteiger charge is -2.31. The molecular weight excluding hydrogens is 324 g/mol. The summed E-state index contributed by atoms with van der Waals surface area (Å²) in [4.78, 5) is 10.9. The lowest BCUT2D eigenvalue weighted by molar-refractivity contribution is 0.0516. The molecule has 130 valence electrons. The molecule has 24 heavy (non-hydrogen) atoms. The van der Waals surface area contributed by atoms with Crippen LogP contribution in [0.2, 0.25) is 0 Å². The number of nitrogens with one attached hydrogen (secondary N) is 1. The normalized spacial score (nSPS) is 17.1. The van der Waals surface area contributed by atoms with Crippen molar-refractivity contribution in [3.8, 4) is 0 Å². The van der Waals surface area contributed by atoms with E-state index in [2.05, 4.69) is 27.1 Å². The molecule has 0 saturated carbocycles. The summed E-state index contributed by atoms with van der Waals surface area (Å²) in [5, 5.41) is 4.12. The third kappa shape index (κ3) is 6.34. The number of morpholine rings is 1. The van der Waals surface area contributed by atoms with E-state index in [1.165, 1.54) is 0 Å². The number of allylic oxidation sites excluding steroid dienone is 3. The predicted molar refractivity (Wildman–Crippen MR) is 98.9 cm³/mol. The Kier molecular flexibility index (Phi) is 7.79. The van der Waals surface area contributed by atoms with E-state index in [-0.39, 0.29) is 0 Å². The number of aliphatic imine (C=N–C) groups is 1. The summed E-state index contributed by atoms with van der Waals surface area (Å²) in [5.41, 5.74) is 1.13. The number of ether oxygens (including phenoxy) is 1. The van der Waals surface area contributed by atoms with Crippen molar-refractivity contribution >= 4 is 17.4 Å². The van der Waals surface area contributed by atoms with Crippen molar-refractivity contribution < 1.29 is 4.74 Å². The number of rotatable bonds is 6. The van der Waals surface area contributed by atoms with Crippen molar-refractivity contribution in [1.82, 2.24) is 15.2 Å².